The van der Waals surface area contributed by atoms with Gasteiger partial charge in [-0.15, -0.1) is 0 Å². The molecule has 0 saturated carbocycles. The van der Waals surface area contributed by atoms with Crippen molar-refractivity contribution in [2.24, 2.45) is 0 Å². The largest absolute Gasteiger partial charge is 0.476 e. The third kappa shape index (κ3) is 2.23. The molecule has 0 spiro atoms. The van der Waals surface area contributed by atoms with Crippen LogP contribution >= 0.6 is 15.9 Å². The number of aromatic carboxylic acids is 1. The molecule has 0 aliphatic carbocycles. The highest BCUT2D eigenvalue weighted by Crippen LogP contribution is 2.32. The van der Waals surface area contributed by atoms with E-state index in [1.54, 1.807) is 18.2 Å². The number of nitrogens with zero attached hydrogens (tertiary/aromatic N) is 2. The lowest BCUT2D eigenvalue weighted by Gasteiger charge is -2.14. The number of halogens is 1. The smallest absolute Gasteiger partial charge is 0.358 e. The number of amides is 1. The first-order valence-corrected chi connectivity index (χ1v) is 6.61. The fourth-order valence-electron chi connectivity index (χ4n) is 2.07. The van der Waals surface area contributed by atoms with E-state index in [2.05, 4.69) is 21.1 Å². The first-order chi connectivity index (χ1) is 9.97. The van der Waals surface area contributed by atoms with Crippen LogP contribution in [0, 0.1) is 0 Å². The Bertz CT molecular complexity index is 783. The van der Waals surface area contributed by atoms with Crippen molar-refractivity contribution in [3.8, 4) is 0 Å². The highest BCUT2D eigenvalue weighted by Gasteiger charge is 2.36. The van der Waals surface area contributed by atoms with Crippen LogP contribution in [0.25, 0.3) is 0 Å². The van der Waals surface area contributed by atoms with Crippen molar-refractivity contribution in [2.45, 2.75) is 6.54 Å². The van der Waals surface area contributed by atoms with Gasteiger partial charge in [-0.1, -0.05) is 21.1 Å². The van der Waals surface area contributed by atoms with E-state index in [4.69, 9.17) is 9.63 Å². The lowest BCUT2D eigenvalue weighted by Crippen LogP contribution is -2.28. The number of carbonyl (C=O) groups excluding carboxylic acids is 2. The number of aromatic nitrogens is 1. The number of fused-ring (bicyclic) bond motifs is 1. The Labute approximate surface area is 126 Å². The molecule has 8 heteroatoms. The van der Waals surface area contributed by atoms with Gasteiger partial charge in [-0.3, -0.25) is 14.5 Å². The van der Waals surface area contributed by atoms with Gasteiger partial charge in [0.2, 0.25) is 0 Å². The highest BCUT2D eigenvalue weighted by molar-refractivity contribution is 9.10. The van der Waals surface area contributed by atoms with E-state index >= 15 is 0 Å². The lowest BCUT2D eigenvalue weighted by atomic mass is 10.1. The van der Waals surface area contributed by atoms with Gasteiger partial charge >= 0.3 is 5.97 Å². The third-order valence-electron chi connectivity index (χ3n) is 3.03. The van der Waals surface area contributed by atoms with Crippen molar-refractivity contribution in [1.29, 1.82) is 0 Å². The molecule has 1 amide bonds. The second-order valence-corrected chi connectivity index (χ2v) is 5.28. The Morgan fingerprint density at radius 3 is 2.76 bits per heavy atom. The van der Waals surface area contributed by atoms with Crippen molar-refractivity contribution < 1.29 is 24.0 Å². The summed E-state index contributed by atoms with van der Waals surface area (Å²) in [6.45, 7) is -0.0612. The zero-order valence-electron chi connectivity index (χ0n) is 10.4. The van der Waals surface area contributed by atoms with E-state index in [0.29, 0.717) is 11.3 Å². The van der Waals surface area contributed by atoms with Gasteiger partial charge in [-0.2, -0.15) is 0 Å². The van der Waals surface area contributed by atoms with Crippen LogP contribution in [0.3, 0.4) is 0 Å². The van der Waals surface area contributed by atoms with Gasteiger partial charge in [0.1, 0.15) is 0 Å². The SMILES string of the molecule is O=C(O)c1cc(CN2C(=O)C(=O)c3ccc(Br)cc32)on1. The van der Waals surface area contributed by atoms with Crippen LogP contribution in [0.1, 0.15) is 26.6 Å². The minimum Gasteiger partial charge on any atom is -0.476 e. The van der Waals surface area contributed by atoms with Crippen molar-refractivity contribution in [1.82, 2.24) is 5.16 Å². The third-order valence-corrected chi connectivity index (χ3v) is 3.52. The standard InChI is InChI=1S/C13H7BrN2O5/c14-6-1-2-8-10(3-6)16(12(18)11(8)17)5-7-4-9(13(19)20)15-21-7/h1-4H,5H2,(H,19,20). The molecule has 1 aromatic carbocycles. The fraction of sp³-hybridized carbons (Fsp3) is 0.0769. The summed E-state index contributed by atoms with van der Waals surface area (Å²) >= 11 is 3.28. The average molecular weight is 351 g/mol. The molecule has 0 unspecified atom stereocenters. The van der Waals surface area contributed by atoms with E-state index in [1.807, 2.05) is 0 Å². The maximum absolute atomic E-state index is 12.0. The maximum atomic E-state index is 12.0. The van der Waals surface area contributed by atoms with E-state index in [9.17, 15) is 14.4 Å². The number of rotatable bonds is 3. The predicted octanol–water partition coefficient (Wildman–Crippen LogP) is 1.86. The van der Waals surface area contributed by atoms with Crippen LogP contribution < -0.4 is 4.90 Å². The summed E-state index contributed by atoms with van der Waals surface area (Å²) in [7, 11) is 0. The molecule has 2 aromatic rings. The van der Waals surface area contributed by atoms with Crippen LogP contribution in [0.2, 0.25) is 0 Å². The number of benzene rings is 1. The van der Waals surface area contributed by atoms with Crippen molar-refractivity contribution in [2.75, 3.05) is 4.90 Å². The van der Waals surface area contributed by atoms with E-state index < -0.39 is 17.7 Å². The molecular weight excluding hydrogens is 344 g/mol. The molecule has 1 aromatic heterocycles. The summed E-state index contributed by atoms with van der Waals surface area (Å²) in [6, 6.07) is 6.09. The monoisotopic (exact) mass is 350 g/mol. The molecule has 0 atom stereocenters. The molecule has 0 bridgehead atoms. The normalized spacial score (nSPS) is 13.7. The summed E-state index contributed by atoms with van der Waals surface area (Å²) < 4.78 is 5.59. The van der Waals surface area contributed by atoms with Gasteiger partial charge in [0.25, 0.3) is 11.7 Å². The topological polar surface area (TPSA) is 101 Å². The predicted molar refractivity (Wildman–Crippen MR) is 73.1 cm³/mol. The lowest BCUT2D eigenvalue weighted by molar-refractivity contribution is -0.114. The van der Waals surface area contributed by atoms with Crippen LogP contribution in [-0.4, -0.2) is 27.9 Å². The summed E-state index contributed by atoms with van der Waals surface area (Å²) in [5.74, 6) is -2.33. The summed E-state index contributed by atoms with van der Waals surface area (Å²) in [5, 5.41) is 12.2. The average Bonchev–Trinajstić information content (AvgIpc) is 2.99. The van der Waals surface area contributed by atoms with E-state index in [-0.39, 0.29) is 18.0 Å². The Balaban J connectivity index is 1.95. The number of carbonyl (C=O) groups is 3. The van der Waals surface area contributed by atoms with Crippen LogP contribution in [0.15, 0.2) is 33.3 Å². The molecule has 7 nitrogen and oxygen atoms in total. The Morgan fingerprint density at radius 1 is 1.33 bits per heavy atom. The summed E-state index contributed by atoms with van der Waals surface area (Å²) in [6.07, 6.45) is 0. The molecule has 106 valence electrons. The molecule has 1 aliphatic heterocycles. The minimum absolute atomic E-state index is 0.0612. The van der Waals surface area contributed by atoms with Gasteiger partial charge in [-0.25, -0.2) is 4.79 Å². The number of ketones is 1. The minimum atomic E-state index is -1.23. The Kier molecular flexibility index (Phi) is 3.09. The van der Waals surface area contributed by atoms with Crippen LogP contribution in [0.4, 0.5) is 5.69 Å². The maximum Gasteiger partial charge on any atom is 0.358 e. The molecule has 21 heavy (non-hydrogen) atoms. The van der Waals surface area contributed by atoms with E-state index in [1.165, 1.54) is 11.0 Å². The zero-order valence-corrected chi connectivity index (χ0v) is 12.0. The zero-order chi connectivity index (χ0) is 15.1. The number of hydrogen-bond acceptors (Lipinski definition) is 5. The second kappa shape index (κ2) is 4.81. The molecule has 0 fully saturated rings. The molecule has 0 saturated heterocycles. The highest BCUT2D eigenvalue weighted by atomic mass is 79.9. The molecule has 0 radical (unpaired) electrons. The summed E-state index contributed by atoms with van der Waals surface area (Å²) in [4.78, 5) is 35.9. The number of anilines is 1. The van der Waals surface area contributed by atoms with Crippen LogP contribution in [-0.2, 0) is 11.3 Å². The van der Waals surface area contributed by atoms with Gasteiger partial charge < -0.3 is 9.63 Å². The van der Waals surface area contributed by atoms with Gasteiger partial charge in [0.05, 0.1) is 17.8 Å². The Morgan fingerprint density at radius 2 is 2.10 bits per heavy atom. The quantitative estimate of drug-likeness (QED) is 0.848. The first kappa shape index (κ1) is 13.5. The van der Waals surface area contributed by atoms with Crippen molar-refractivity contribution in [3.63, 3.8) is 0 Å². The Hall–Kier alpha value is -2.48. The van der Waals surface area contributed by atoms with Crippen molar-refractivity contribution >= 4 is 39.3 Å². The van der Waals surface area contributed by atoms with E-state index in [0.717, 1.165) is 4.47 Å². The number of Topliss-reactive ketones (excluding diaryl/α,β-unsaturated/α-hetero) is 1. The number of carboxylic acid groups (broad SMARTS) is 1. The molecule has 1 N–H and O–H groups in total. The number of hydrogen-bond donors (Lipinski definition) is 1. The molecular formula is C13H7BrN2O5. The first-order valence-electron chi connectivity index (χ1n) is 5.82. The summed E-state index contributed by atoms with van der Waals surface area (Å²) in [5.41, 5.74) is 0.506. The van der Waals surface area contributed by atoms with Gasteiger partial charge in [0, 0.05) is 10.5 Å². The second-order valence-electron chi connectivity index (χ2n) is 4.37. The molecule has 3 rings (SSSR count). The number of carboxylic acids is 1. The van der Waals surface area contributed by atoms with Crippen LogP contribution in [0.5, 0.6) is 0 Å². The van der Waals surface area contributed by atoms with Crippen molar-refractivity contribution in [3.05, 3.63) is 45.8 Å². The van der Waals surface area contributed by atoms with Gasteiger partial charge in [0.15, 0.2) is 11.5 Å². The molecule has 1 aliphatic rings. The molecule has 2 heterocycles. The fourth-order valence-corrected chi connectivity index (χ4v) is 2.42. The van der Waals surface area contributed by atoms with Gasteiger partial charge in [-0.05, 0) is 18.2 Å².